The van der Waals surface area contributed by atoms with E-state index in [4.69, 9.17) is 10.5 Å². The molecule has 0 unspecified atom stereocenters. The Morgan fingerprint density at radius 2 is 1.82 bits per heavy atom. The number of nitrogens with two attached hydrogens (primary N) is 1. The van der Waals surface area contributed by atoms with Crippen molar-refractivity contribution in [2.45, 2.75) is 20.0 Å². The third-order valence-electron chi connectivity index (χ3n) is 3.57. The Kier molecular flexibility index (Phi) is 4.70. The van der Waals surface area contributed by atoms with Gasteiger partial charge in [0.25, 0.3) is 0 Å². The minimum absolute atomic E-state index is 0.0459. The van der Waals surface area contributed by atoms with Crippen LogP contribution < -0.4 is 5.73 Å². The SMILES string of the molecule is COC(=O)c1sc(N)c(C(=O)OC)c1COC(=O)[C@@H]1C[C@H]1C. The van der Waals surface area contributed by atoms with Gasteiger partial charge in [0.15, 0.2) is 0 Å². The van der Waals surface area contributed by atoms with Gasteiger partial charge in [0.05, 0.1) is 20.1 Å². The Balaban J connectivity index is 2.27. The fourth-order valence-electron chi connectivity index (χ4n) is 2.11. The molecule has 7 nitrogen and oxygen atoms in total. The maximum Gasteiger partial charge on any atom is 0.348 e. The summed E-state index contributed by atoms with van der Waals surface area (Å²) in [6, 6.07) is 0. The fourth-order valence-corrected chi connectivity index (χ4v) is 3.09. The van der Waals surface area contributed by atoms with E-state index in [2.05, 4.69) is 9.47 Å². The molecule has 1 aliphatic carbocycles. The first-order valence-corrected chi connectivity index (χ1v) is 7.46. The summed E-state index contributed by atoms with van der Waals surface area (Å²) in [5.74, 6) is -1.48. The zero-order chi connectivity index (χ0) is 16.4. The summed E-state index contributed by atoms with van der Waals surface area (Å²) in [5.41, 5.74) is 6.05. The highest BCUT2D eigenvalue weighted by Crippen LogP contribution is 2.39. The number of methoxy groups -OCH3 is 2. The number of hydrogen-bond donors (Lipinski definition) is 1. The average Bonchev–Trinajstić information content (AvgIpc) is 3.14. The minimum Gasteiger partial charge on any atom is -0.465 e. The summed E-state index contributed by atoms with van der Waals surface area (Å²) in [5, 5.41) is 0.123. The molecular weight excluding hydrogens is 310 g/mol. The van der Waals surface area contributed by atoms with E-state index >= 15 is 0 Å². The van der Waals surface area contributed by atoms with Gasteiger partial charge in [-0.15, -0.1) is 11.3 Å². The first-order chi connectivity index (χ1) is 10.4. The molecule has 22 heavy (non-hydrogen) atoms. The fraction of sp³-hybridized carbons (Fsp3) is 0.500. The summed E-state index contributed by atoms with van der Waals surface area (Å²) in [6.07, 6.45) is 0.790. The van der Waals surface area contributed by atoms with Crippen LogP contribution in [0.15, 0.2) is 0 Å². The number of esters is 3. The zero-order valence-electron chi connectivity index (χ0n) is 12.5. The quantitative estimate of drug-likeness (QED) is 0.647. The van der Waals surface area contributed by atoms with Crippen molar-refractivity contribution in [3.63, 3.8) is 0 Å². The van der Waals surface area contributed by atoms with Crippen LogP contribution in [0.5, 0.6) is 0 Å². The Hall–Kier alpha value is -2.09. The van der Waals surface area contributed by atoms with Crippen LogP contribution in [0.2, 0.25) is 0 Å². The molecular formula is C14H17NO6S. The molecule has 0 spiro atoms. The number of ether oxygens (including phenoxy) is 3. The van der Waals surface area contributed by atoms with Crippen LogP contribution in [0.4, 0.5) is 5.00 Å². The molecule has 0 aromatic carbocycles. The highest BCUT2D eigenvalue weighted by atomic mass is 32.1. The molecule has 8 heteroatoms. The topological polar surface area (TPSA) is 105 Å². The number of hydrogen-bond acceptors (Lipinski definition) is 8. The Labute approximate surface area is 131 Å². The van der Waals surface area contributed by atoms with Crippen LogP contribution in [-0.2, 0) is 25.6 Å². The molecule has 0 amide bonds. The van der Waals surface area contributed by atoms with Crippen molar-refractivity contribution in [3.8, 4) is 0 Å². The van der Waals surface area contributed by atoms with E-state index in [1.54, 1.807) is 0 Å². The van der Waals surface area contributed by atoms with Crippen molar-refractivity contribution in [1.82, 2.24) is 0 Å². The standard InChI is InChI=1S/C14H17NO6S/c1-6-4-7(6)12(16)21-5-8-9(13(17)19-2)11(15)22-10(8)14(18)20-3/h6-7H,4-5,15H2,1-3H3/t6-,7-/m1/s1. The van der Waals surface area contributed by atoms with Crippen molar-refractivity contribution in [1.29, 1.82) is 0 Å². The molecule has 120 valence electrons. The maximum absolute atomic E-state index is 11.8. The smallest absolute Gasteiger partial charge is 0.348 e. The lowest BCUT2D eigenvalue weighted by Gasteiger charge is -2.07. The van der Waals surface area contributed by atoms with E-state index < -0.39 is 11.9 Å². The first kappa shape index (κ1) is 16.3. The molecule has 1 fully saturated rings. The molecule has 1 saturated carbocycles. The van der Waals surface area contributed by atoms with Crippen LogP contribution in [0.25, 0.3) is 0 Å². The van der Waals surface area contributed by atoms with Crippen LogP contribution in [-0.4, -0.2) is 32.1 Å². The van der Waals surface area contributed by atoms with Gasteiger partial charge < -0.3 is 19.9 Å². The number of rotatable bonds is 5. The van der Waals surface area contributed by atoms with E-state index in [9.17, 15) is 14.4 Å². The van der Waals surface area contributed by atoms with Gasteiger partial charge in [-0.2, -0.15) is 0 Å². The van der Waals surface area contributed by atoms with Gasteiger partial charge in [-0.05, 0) is 12.3 Å². The highest BCUT2D eigenvalue weighted by Gasteiger charge is 2.41. The van der Waals surface area contributed by atoms with Crippen LogP contribution >= 0.6 is 11.3 Å². The molecule has 0 bridgehead atoms. The number of anilines is 1. The summed E-state index contributed by atoms with van der Waals surface area (Å²) in [6.45, 7) is 1.74. The minimum atomic E-state index is -0.685. The lowest BCUT2D eigenvalue weighted by Crippen LogP contribution is -2.13. The van der Waals surface area contributed by atoms with Gasteiger partial charge in [0, 0.05) is 5.56 Å². The molecule has 2 atom stereocenters. The highest BCUT2D eigenvalue weighted by molar-refractivity contribution is 7.18. The molecule has 2 rings (SSSR count). The molecule has 0 aliphatic heterocycles. The Morgan fingerprint density at radius 1 is 1.23 bits per heavy atom. The largest absolute Gasteiger partial charge is 0.465 e. The molecule has 2 N–H and O–H groups in total. The Bertz CT molecular complexity index is 623. The molecule has 0 radical (unpaired) electrons. The van der Waals surface area contributed by atoms with E-state index in [1.165, 1.54) is 14.2 Å². The summed E-state index contributed by atoms with van der Waals surface area (Å²) in [4.78, 5) is 35.6. The third-order valence-corrected chi connectivity index (χ3v) is 4.61. The number of carbonyl (C=O) groups is 3. The Morgan fingerprint density at radius 3 is 2.32 bits per heavy atom. The van der Waals surface area contributed by atoms with Crippen molar-refractivity contribution < 1.29 is 28.6 Å². The molecule has 1 aromatic heterocycles. The van der Waals surface area contributed by atoms with Crippen molar-refractivity contribution >= 4 is 34.2 Å². The normalized spacial score (nSPS) is 19.4. The second kappa shape index (κ2) is 6.35. The van der Waals surface area contributed by atoms with Gasteiger partial charge in [-0.1, -0.05) is 6.92 Å². The van der Waals surface area contributed by atoms with E-state index in [-0.39, 0.29) is 39.5 Å². The molecule has 1 aromatic rings. The molecule has 0 saturated heterocycles. The lowest BCUT2D eigenvalue weighted by atomic mass is 10.1. The average molecular weight is 327 g/mol. The number of carbonyl (C=O) groups excluding carboxylic acids is 3. The first-order valence-electron chi connectivity index (χ1n) is 6.65. The van der Waals surface area contributed by atoms with E-state index in [0.29, 0.717) is 5.92 Å². The van der Waals surface area contributed by atoms with E-state index in [0.717, 1.165) is 17.8 Å². The second-order valence-corrected chi connectivity index (χ2v) is 6.11. The molecule has 1 heterocycles. The van der Waals surface area contributed by atoms with Crippen molar-refractivity contribution in [2.75, 3.05) is 20.0 Å². The van der Waals surface area contributed by atoms with Crippen molar-refractivity contribution in [3.05, 3.63) is 16.0 Å². The van der Waals surface area contributed by atoms with Crippen molar-refractivity contribution in [2.24, 2.45) is 11.8 Å². The van der Waals surface area contributed by atoms with Crippen LogP contribution in [0, 0.1) is 11.8 Å². The van der Waals surface area contributed by atoms with Gasteiger partial charge in [0.1, 0.15) is 22.0 Å². The summed E-state index contributed by atoms with van der Waals surface area (Å²) in [7, 11) is 2.43. The van der Waals surface area contributed by atoms with Crippen LogP contribution in [0.3, 0.4) is 0 Å². The van der Waals surface area contributed by atoms with Gasteiger partial charge in [-0.25, -0.2) is 9.59 Å². The third kappa shape index (κ3) is 3.06. The van der Waals surface area contributed by atoms with Gasteiger partial charge in [0.2, 0.25) is 0 Å². The monoisotopic (exact) mass is 327 g/mol. The van der Waals surface area contributed by atoms with E-state index in [1.807, 2.05) is 6.92 Å². The second-order valence-electron chi connectivity index (χ2n) is 5.06. The predicted molar refractivity (Wildman–Crippen MR) is 78.5 cm³/mol. The number of thiophene rings is 1. The molecule has 1 aliphatic rings. The summed E-state index contributed by atoms with van der Waals surface area (Å²) < 4.78 is 14.5. The zero-order valence-corrected chi connectivity index (χ0v) is 13.3. The number of nitrogen functional groups attached to an aromatic ring is 1. The lowest BCUT2D eigenvalue weighted by molar-refractivity contribution is -0.146. The predicted octanol–water partition coefficient (Wildman–Crippen LogP) is 1.60. The van der Waals surface area contributed by atoms with Crippen LogP contribution in [0.1, 0.15) is 38.9 Å². The summed E-state index contributed by atoms with van der Waals surface area (Å²) >= 11 is 0.905. The van der Waals surface area contributed by atoms with Gasteiger partial charge in [-0.3, -0.25) is 4.79 Å². The maximum atomic E-state index is 11.8. The van der Waals surface area contributed by atoms with Gasteiger partial charge >= 0.3 is 17.9 Å².